The summed E-state index contributed by atoms with van der Waals surface area (Å²) in [4.78, 5) is 4.45. The van der Waals surface area contributed by atoms with Gasteiger partial charge in [-0.25, -0.2) is 4.99 Å². The molecule has 1 unspecified atom stereocenters. The number of unbranched alkanes of at least 4 members (excludes halogenated alkanes) is 3. The van der Waals surface area contributed by atoms with Gasteiger partial charge in [0.05, 0.1) is 5.84 Å². The molecule has 0 aromatic heterocycles. The molecule has 0 spiro atoms. The molecule has 1 aromatic rings. The molecular weight excluding hydrogens is 234 g/mol. The van der Waals surface area contributed by atoms with Crippen LogP contribution in [0.1, 0.15) is 56.3 Å². The van der Waals surface area contributed by atoms with Crippen molar-refractivity contribution in [2.75, 3.05) is 6.54 Å². The van der Waals surface area contributed by atoms with Gasteiger partial charge in [0.2, 0.25) is 0 Å². The molecule has 0 amide bonds. The fraction of sp³-hybridized carbons (Fsp3) is 0.562. The maximum Gasteiger partial charge on any atom is 0.127 e. The number of benzene rings is 1. The minimum atomic E-state index is 0.0443. The highest BCUT2D eigenvalue weighted by Crippen LogP contribution is 2.18. The summed E-state index contributed by atoms with van der Waals surface area (Å²) in [5.41, 5.74) is 8.43. The Morgan fingerprint density at radius 1 is 1.21 bits per heavy atom. The number of aliphatic imine (C=N–C) groups is 1. The van der Waals surface area contributed by atoms with Crippen molar-refractivity contribution in [2.24, 2.45) is 10.7 Å². The average Bonchev–Trinajstić information content (AvgIpc) is 2.44. The molecule has 3 heteroatoms. The molecule has 19 heavy (non-hydrogen) atoms. The smallest absolute Gasteiger partial charge is 0.127 e. The monoisotopic (exact) mass is 259 g/mol. The molecule has 1 aliphatic rings. The van der Waals surface area contributed by atoms with E-state index in [9.17, 15) is 0 Å². The molecule has 3 N–H and O–H groups in total. The molecule has 2 rings (SSSR count). The zero-order chi connectivity index (χ0) is 13.5. The first-order valence-electron chi connectivity index (χ1n) is 7.44. The van der Waals surface area contributed by atoms with Crippen LogP contribution in [0, 0.1) is 0 Å². The first kappa shape index (κ1) is 14.1. The Balaban J connectivity index is 1.89. The third-order valence-electron chi connectivity index (χ3n) is 3.63. The van der Waals surface area contributed by atoms with Crippen molar-refractivity contribution in [3.8, 4) is 0 Å². The fourth-order valence-corrected chi connectivity index (χ4v) is 2.43. The van der Waals surface area contributed by atoms with Gasteiger partial charge in [0.15, 0.2) is 0 Å². The molecule has 0 aliphatic carbocycles. The van der Waals surface area contributed by atoms with Gasteiger partial charge in [0.1, 0.15) is 6.17 Å². The van der Waals surface area contributed by atoms with E-state index in [1.54, 1.807) is 0 Å². The maximum atomic E-state index is 5.80. The van der Waals surface area contributed by atoms with Crippen LogP contribution in [0.3, 0.4) is 0 Å². The van der Waals surface area contributed by atoms with E-state index in [0.717, 1.165) is 18.8 Å². The molecule has 0 saturated heterocycles. The van der Waals surface area contributed by atoms with E-state index in [1.165, 1.54) is 43.2 Å². The van der Waals surface area contributed by atoms with Gasteiger partial charge < -0.3 is 5.73 Å². The SMILES string of the molecule is CCCCCCc1ccc(C2N=C(N)CCN2)cc1. The topological polar surface area (TPSA) is 50.4 Å². The summed E-state index contributed by atoms with van der Waals surface area (Å²) in [6, 6.07) is 8.80. The number of nitrogens with two attached hydrogens (primary N) is 1. The highest BCUT2D eigenvalue weighted by atomic mass is 15.1. The minimum Gasteiger partial charge on any atom is -0.387 e. The Labute approximate surface area is 116 Å². The molecule has 1 heterocycles. The summed E-state index contributed by atoms with van der Waals surface area (Å²) < 4.78 is 0. The van der Waals surface area contributed by atoms with Crippen LogP contribution in [-0.4, -0.2) is 12.4 Å². The number of nitrogens with zero attached hydrogens (tertiary/aromatic N) is 1. The van der Waals surface area contributed by atoms with E-state index in [-0.39, 0.29) is 6.17 Å². The van der Waals surface area contributed by atoms with Crippen molar-refractivity contribution >= 4 is 5.84 Å². The lowest BCUT2D eigenvalue weighted by molar-refractivity contribution is 0.539. The van der Waals surface area contributed by atoms with E-state index >= 15 is 0 Å². The van der Waals surface area contributed by atoms with Crippen molar-refractivity contribution in [3.05, 3.63) is 35.4 Å². The molecule has 1 aromatic carbocycles. The van der Waals surface area contributed by atoms with Crippen LogP contribution in [0.15, 0.2) is 29.3 Å². The third kappa shape index (κ3) is 4.35. The second-order valence-corrected chi connectivity index (χ2v) is 5.28. The molecule has 0 radical (unpaired) electrons. The van der Waals surface area contributed by atoms with Crippen molar-refractivity contribution in [1.29, 1.82) is 0 Å². The van der Waals surface area contributed by atoms with Crippen molar-refractivity contribution in [1.82, 2.24) is 5.32 Å². The average molecular weight is 259 g/mol. The summed E-state index contributed by atoms with van der Waals surface area (Å²) in [5, 5.41) is 3.38. The molecule has 0 saturated carbocycles. The molecule has 1 aliphatic heterocycles. The lowest BCUT2D eigenvalue weighted by atomic mass is 10.0. The summed E-state index contributed by atoms with van der Waals surface area (Å²) >= 11 is 0. The van der Waals surface area contributed by atoms with Gasteiger partial charge in [-0.05, 0) is 24.0 Å². The number of nitrogens with one attached hydrogen (secondary N) is 1. The van der Waals surface area contributed by atoms with Crippen molar-refractivity contribution in [2.45, 2.75) is 51.6 Å². The largest absolute Gasteiger partial charge is 0.387 e. The predicted octanol–water partition coefficient (Wildman–Crippen LogP) is 3.16. The number of hydrogen-bond acceptors (Lipinski definition) is 3. The first-order valence-corrected chi connectivity index (χ1v) is 7.44. The van der Waals surface area contributed by atoms with Crippen molar-refractivity contribution < 1.29 is 0 Å². The van der Waals surface area contributed by atoms with Gasteiger partial charge in [-0.1, -0.05) is 50.5 Å². The van der Waals surface area contributed by atoms with Crippen LogP contribution in [-0.2, 0) is 6.42 Å². The van der Waals surface area contributed by atoms with Crippen LogP contribution >= 0.6 is 0 Å². The highest BCUT2D eigenvalue weighted by molar-refractivity contribution is 5.81. The summed E-state index contributed by atoms with van der Waals surface area (Å²) in [6.45, 7) is 3.16. The van der Waals surface area contributed by atoms with Gasteiger partial charge in [-0.15, -0.1) is 0 Å². The Kier molecular flexibility index (Phi) is 5.40. The van der Waals surface area contributed by atoms with E-state index in [2.05, 4.69) is 41.5 Å². The van der Waals surface area contributed by atoms with Gasteiger partial charge in [0.25, 0.3) is 0 Å². The summed E-state index contributed by atoms with van der Waals surface area (Å²) in [5.74, 6) is 0.757. The summed E-state index contributed by atoms with van der Waals surface area (Å²) in [6.07, 6.45) is 7.35. The van der Waals surface area contributed by atoms with Crippen LogP contribution in [0.4, 0.5) is 0 Å². The Morgan fingerprint density at radius 3 is 2.68 bits per heavy atom. The fourth-order valence-electron chi connectivity index (χ4n) is 2.43. The molecule has 0 fully saturated rings. The van der Waals surface area contributed by atoms with Crippen LogP contribution in [0.5, 0.6) is 0 Å². The standard InChI is InChI=1S/C16H25N3/c1-2-3-4-5-6-13-7-9-14(10-8-13)16-18-12-11-15(17)19-16/h7-10,16,18H,2-6,11-12H2,1H3,(H2,17,19). The lowest BCUT2D eigenvalue weighted by Crippen LogP contribution is -2.32. The van der Waals surface area contributed by atoms with Crippen molar-refractivity contribution in [3.63, 3.8) is 0 Å². The molecule has 3 nitrogen and oxygen atoms in total. The predicted molar refractivity (Wildman–Crippen MR) is 81.3 cm³/mol. The quantitative estimate of drug-likeness (QED) is 0.771. The van der Waals surface area contributed by atoms with Gasteiger partial charge in [0, 0.05) is 13.0 Å². The maximum absolute atomic E-state index is 5.80. The second kappa shape index (κ2) is 7.29. The highest BCUT2D eigenvalue weighted by Gasteiger charge is 2.13. The molecule has 0 bridgehead atoms. The van der Waals surface area contributed by atoms with Crippen LogP contribution < -0.4 is 11.1 Å². The molecule has 1 atom stereocenters. The Bertz CT molecular complexity index is 409. The van der Waals surface area contributed by atoms with E-state index < -0.39 is 0 Å². The number of amidine groups is 1. The minimum absolute atomic E-state index is 0.0443. The zero-order valence-electron chi connectivity index (χ0n) is 11.9. The van der Waals surface area contributed by atoms with Gasteiger partial charge in [-0.2, -0.15) is 0 Å². The lowest BCUT2D eigenvalue weighted by Gasteiger charge is -2.20. The normalized spacial score (nSPS) is 19.2. The van der Waals surface area contributed by atoms with E-state index in [4.69, 9.17) is 5.73 Å². The number of hydrogen-bond donors (Lipinski definition) is 2. The second-order valence-electron chi connectivity index (χ2n) is 5.28. The Morgan fingerprint density at radius 2 is 2.00 bits per heavy atom. The Hall–Kier alpha value is -1.35. The zero-order valence-corrected chi connectivity index (χ0v) is 11.9. The molecule has 104 valence electrons. The van der Waals surface area contributed by atoms with Gasteiger partial charge >= 0.3 is 0 Å². The third-order valence-corrected chi connectivity index (χ3v) is 3.63. The van der Waals surface area contributed by atoms with E-state index in [0.29, 0.717) is 0 Å². The number of rotatable bonds is 6. The summed E-state index contributed by atoms with van der Waals surface area (Å²) in [7, 11) is 0. The van der Waals surface area contributed by atoms with Crippen LogP contribution in [0.25, 0.3) is 0 Å². The van der Waals surface area contributed by atoms with E-state index in [1.807, 2.05) is 0 Å². The van der Waals surface area contributed by atoms with Crippen LogP contribution in [0.2, 0.25) is 0 Å². The number of aryl methyl sites for hydroxylation is 1. The molecular formula is C16H25N3. The first-order chi connectivity index (χ1) is 9.29. The van der Waals surface area contributed by atoms with Gasteiger partial charge in [-0.3, -0.25) is 5.32 Å².